The number of anilines is 1. The van der Waals surface area contributed by atoms with Gasteiger partial charge in [0, 0.05) is 5.69 Å². The maximum Gasteiger partial charge on any atom is 0.262 e. The Morgan fingerprint density at radius 3 is 2.86 bits per heavy atom. The number of carbonyl (C=O) groups excluding carboxylic acids is 1. The van der Waals surface area contributed by atoms with E-state index in [4.69, 9.17) is 4.52 Å². The number of carbonyl (C=O) groups is 1. The summed E-state index contributed by atoms with van der Waals surface area (Å²) in [5, 5.41) is 14.5. The van der Waals surface area contributed by atoms with E-state index in [1.807, 2.05) is 26.8 Å². The van der Waals surface area contributed by atoms with E-state index in [0.717, 1.165) is 16.6 Å². The predicted octanol–water partition coefficient (Wildman–Crippen LogP) is 2.69. The lowest BCUT2D eigenvalue weighted by Crippen LogP contribution is -2.15. The van der Waals surface area contributed by atoms with Gasteiger partial charge in [0.15, 0.2) is 11.5 Å². The molecule has 0 aliphatic rings. The molecule has 0 aliphatic heterocycles. The van der Waals surface area contributed by atoms with Gasteiger partial charge in [0.25, 0.3) is 5.91 Å². The van der Waals surface area contributed by atoms with Crippen LogP contribution in [0.5, 0.6) is 0 Å². The third kappa shape index (κ3) is 2.24. The molecule has 7 heteroatoms. The number of rotatable bonds is 3. The van der Waals surface area contributed by atoms with E-state index in [0.29, 0.717) is 34.9 Å². The van der Waals surface area contributed by atoms with E-state index >= 15 is 0 Å². The number of amides is 1. The van der Waals surface area contributed by atoms with Gasteiger partial charge in [-0.15, -0.1) is 0 Å². The number of aromatic amines is 1. The average molecular weight is 299 g/mol. The van der Waals surface area contributed by atoms with Gasteiger partial charge in [-0.2, -0.15) is 5.10 Å². The monoisotopic (exact) mass is 299 g/mol. The molecule has 0 bridgehead atoms. The second-order valence-electron chi connectivity index (χ2n) is 5.24. The quantitative estimate of drug-likeness (QED) is 0.775. The number of pyridine rings is 1. The topological polar surface area (TPSA) is 96.7 Å². The number of hydrogen-bond donors (Lipinski definition) is 2. The van der Waals surface area contributed by atoms with Gasteiger partial charge in [0.2, 0.25) is 0 Å². The molecule has 0 aliphatic carbocycles. The van der Waals surface area contributed by atoms with Crippen molar-refractivity contribution in [1.82, 2.24) is 20.3 Å². The Bertz CT molecular complexity index is 862. The number of nitrogens with zero attached hydrogens (tertiary/aromatic N) is 3. The molecule has 2 N–H and O–H groups in total. The van der Waals surface area contributed by atoms with Crippen LogP contribution in [0, 0.1) is 20.8 Å². The number of aromatic nitrogens is 4. The first-order valence-corrected chi connectivity index (χ1v) is 7.10. The zero-order chi connectivity index (χ0) is 15.9. The van der Waals surface area contributed by atoms with E-state index in [9.17, 15) is 4.79 Å². The van der Waals surface area contributed by atoms with Crippen LogP contribution in [0.25, 0.3) is 11.0 Å². The van der Waals surface area contributed by atoms with Gasteiger partial charge in [0.1, 0.15) is 11.3 Å². The van der Waals surface area contributed by atoms with Crippen molar-refractivity contribution in [2.75, 3.05) is 5.32 Å². The van der Waals surface area contributed by atoms with Crippen molar-refractivity contribution in [2.45, 2.75) is 34.1 Å². The third-order valence-electron chi connectivity index (χ3n) is 3.58. The van der Waals surface area contributed by atoms with Crippen molar-refractivity contribution in [3.63, 3.8) is 0 Å². The second kappa shape index (κ2) is 5.25. The van der Waals surface area contributed by atoms with E-state index in [-0.39, 0.29) is 5.91 Å². The number of aryl methyl sites for hydroxylation is 4. The lowest BCUT2D eigenvalue weighted by molar-refractivity contribution is 0.102. The van der Waals surface area contributed by atoms with E-state index in [2.05, 4.69) is 25.7 Å². The lowest BCUT2D eigenvalue weighted by atomic mass is 10.1. The molecule has 0 spiro atoms. The standard InChI is InChI=1S/C15H17N5O2/c1-5-10-12(9(4)22-20-10)15(21)17-14-11-7(2)6-8(3)16-13(11)18-19-14/h6H,5H2,1-4H3,(H2,16,17,18,19,21). The smallest absolute Gasteiger partial charge is 0.262 e. The number of H-pyrrole nitrogens is 1. The summed E-state index contributed by atoms with van der Waals surface area (Å²) in [6.45, 7) is 7.53. The molecule has 22 heavy (non-hydrogen) atoms. The van der Waals surface area contributed by atoms with E-state index in [1.54, 1.807) is 6.92 Å². The van der Waals surface area contributed by atoms with Crippen molar-refractivity contribution in [3.05, 3.63) is 34.3 Å². The van der Waals surface area contributed by atoms with Gasteiger partial charge in [-0.1, -0.05) is 12.1 Å². The first kappa shape index (κ1) is 14.2. The molecule has 0 saturated carbocycles. The maximum atomic E-state index is 12.5. The highest BCUT2D eigenvalue weighted by atomic mass is 16.5. The zero-order valence-corrected chi connectivity index (χ0v) is 12.9. The molecular weight excluding hydrogens is 282 g/mol. The van der Waals surface area contributed by atoms with Crippen LogP contribution >= 0.6 is 0 Å². The molecule has 3 heterocycles. The Kier molecular flexibility index (Phi) is 3.40. The number of fused-ring (bicyclic) bond motifs is 1. The minimum atomic E-state index is -0.274. The summed E-state index contributed by atoms with van der Waals surface area (Å²) in [5.41, 5.74) is 3.67. The van der Waals surface area contributed by atoms with Crippen LogP contribution in [-0.2, 0) is 6.42 Å². The fourth-order valence-electron chi connectivity index (χ4n) is 2.59. The van der Waals surface area contributed by atoms with Gasteiger partial charge >= 0.3 is 0 Å². The summed E-state index contributed by atoms with van der Waals surface area (Å²) in [6.07, 6.45) is 0.626. The molecule has 0 aromatic carbocycles. The molecule has 0 fully saturated rings. The summed E-state index contributed by atoms with van der Waals surface area (Å²) >= 11 is 0. The molecule has 3 aromatic rings. The van der Waals surface area contributed by atoms with Crippen LogP contribution in [0.3, 0.4) is 0 Å². The van der Waals surface area contributed by atoms with Crippen LogP contribution in [0.1, 0.15) is 40.0 Å². The highest BCUT2D eigenvalue weighted by Gasteiger charge is 2.21. The van der Waals surface area contributed by atoms with Crippen LogP contribution < -0.4 is 5.32 Å². The van der Waals surface area contributed by atoms with Crippen molar-refractivity contribution in [1.29, 1.82) is 0 Å². The Hall–Kier alpha value is -2.70. The van der Waals surface area contributed by atoms with E-state index in [1.165, 1.54) is 0 Å². The summed E-state index contributed by atoms with van der Waals surface area (Å²) in [4.78, 5) is 16.9. The number of nitrogens with one attached hydrogen (secondary N) is 2. The van der Waals surface area contributed by atoms with Crippen LogP contribution in [0.15, 0.2) is 10.6 Å². The van der Waals surface area contributed by atoms with E-state index < -0.39 is 0 Å². The Morgan fingerprint density at radius 2 is 2.14 bits per heavy atom. The highest BCUT2D eigenvalue weighted by Crippen LogP contribution is 2.25. The van der Waals surface area contributed by atoms with Crippen molar-refractivity contribution < 1.29 is 9.32 Å². The minimum absolute atomic E-state index is 0.274. The molecule has 0 radical (unpaired) electrons. The van der Waals surface area contributed by atoms with Crippen molar-refractivity contribution >= 4 is 22.8 Å². The fourth-order valence-corrected chi connectivity index (χ4v) is 2.59. The Labute approximate surface area is 127 Å². The second-order valence-corrected chi connectivity index (χ2v) is 5.24. The third-order valence-corrected chi connectivity index (χ3v) is 3.58. The van der Waals surface area contributed by atoms with Gasteiger partial charge in [0.05, 0.1) is 11.1 Å². The molecule has 0 atom stereocenters. The SMILES string of the molecule is CCc1noc(C)c1C(=O)Nc1n[nH]c2nc(C)cc(C)c12. The van der Waals surface area contributed by atoms with Crippen molar-refractivity contribution in [2.24, 2.45) is 0 Å². The summed E-state index contributed by atoms with van der Waals surface area (Å²) in [7, 11) is 0. The zero-order valence-electron chi connectivity index (χ0n) is 12.9. The summed E-state index contributed by atoms with van der Waals surface area (Å²) < 4.78 is 5.10. The first-order chi connectivity index (χ1) is 10.5. The highest BCUT2D eigenvalue weighted by molar-refractivity contribution is 6.09. The van der Waals surface area contributed by atoms with Gasteiger partial charge in [-0.05, 0) is 38.8 Å². The molecule has 1 amide bonds. The normalized spacial score (nSPS) is 11.1. The van der Waals surface area contributed by atoms with Crippen LogP contribution in [-0.4, -0.2) is 26.2 Å². The molecule has 3 rings (SSSR count). The first-order valence-electron chi connectivity index (χ1n) is 7.10. The number of hydrogen-bond acceptors (Lipinski definition) is 5. The average Bonchev–Trinajstić information content (AvgIpc) is 3.02. The van der Waals surface area contributed by atoms with Crippen LogP contribution in [0.4, 0.5) is 5.82 Å². The van der Waals surface area contributed by atoms with Crippen LogP contribution in [0.2, 0.25) is 0 Å². The van der Waals surface area contributed by atoms with Gasteiger partial charge in [-0.3, -0.25) is 9.89 Å². The molecule has 7 nitrogen and oxygen atoms in total. The predicted molar refractivity (Wildman–Crippen MR) is 81.9 cm³/mol. The molecule has 0 saturated heterocycles. The summed E-state index contributed by atoms with van der Waals surface area (Å²) in [5.74, 6) is 0.691. The molecule has 3 aromatic heterocycles. The largest absolute Gasteiger partial charge is 0.361 e. The fraction of sp³-hybridized carbons (Fsp3) is 0.333. The molecule has 114 valence electrons. The van der Waals surface area contributed by atoms with Gasteiger partial charge < -0.3 is 9.84 Å². The summed E-state index contributed by atoms with van der Waals surface area (Å²) in [6, 6.07) is 1.95. The lowest BCUT2D eigenvalue weighted by Gasteiger charge is -2.04. The minimum Gasteiger partial charge on any atom is -0.361 e. The Morgan fingerprint density at radius 1 is 1.36 bits per heavy atom. The van der Waals surface area contributed by atoms with Crippen molar-refractivity contribution in [3.8, 4) is 0 Å². The molecule has 0 unspecified atom stereocenters. The molecular formula is C15H17N5O2. The Balaban J connectivity index is 2.00. The maximum absolute atomic E-state index is 12.5. The van der Waals surface area contributed by atoms with Gasteiger partial charge in [-0.25, -0.2) is 4.98 Å².